The summed E-state index contributed by atoms with van der Waals surface area (Å²) >= 11 is 6.20. The van der Waals surface area contributed by atoms with E-state index in [1.54, 1.807) is 29.2 Å². The number of nitrogens with zero attached hydrogens (tertiary/aromatic N) is 1. The lowest BCUT2D eigenvalue weighted by Gasteiger charge is -2.22. The van der Waals surface area contributed by atoms with Gasteiger partial charge in [-0.25, -0.2) is 4.79 Å². The quantitative estimate of drug-likeness (QED) is 0.781. The Morgan fingerprint density at radius 2 is 1.73 bits per heavy atom. The maximum Gasteiger partial charge on any atom is 0.319 e. The van der Waals surface area contributed by atoms with Gasteiger partial charge in [-0.05, 0) is 56.7 Å². The van der Waals surface area contributed by atoms with Crippen molar-refractivity contribution in [3.05, 3.63) is 64.7 Å². The van der Waals surface area contributed by atoms with Crippen LogP contribution in [0.25, 0.3) is 0 Å². The number of benzene rings is 2. The third-order valence-corrected chi connectivity index (χ3v) is 4.17. The summed E-state index contributed by atoms with van der Waals surface area (Å²) in [6, 6.07) is 14.1. The third kappa shape index (κ3) is 5.49. The first-order chi connectivity index (χ1) is 12.4. The second kappa shape index (κ2) is 9.25. The number of anilines is 1. The van der Waals surface area contributed by atoms with Crippen molar-refractivity contribution in [2.75, 3.05) is 11.9 Å². The van der Waals surface area contributed by atoms with Gasteiger partial charge in [-0.2, -0.15) is 0 Å². The summed E-state index contributed by atoms with van der Waals surface area (Å²) < 4.78 is 0. The highest BCUT2D eigenvalue weighted by molar-refractivity contribution is 6.31. The van der Waals surface area contributed by atoms with Gasteiger partial charge < -0.3 is 15.5 Å². The molecule has 0 heterocycles. The molecule has 0 aromatic heterocycles. The van der Waals surface area contributed by atoms with Crippen molar-refractivity contribution in [1.82, 2.24) is 10.2 Å². The summed E-state index contributed by atoms with van der Waals surface area (Å²) in [5, 5.41) is 6.14. The van der Waals surface area contributed by atoms with Crippen LogP contribution in [-0.4, -0.2) is 29.4 Å². The fourth-order valence-electron chi connectivity index (χ4n) is 2.47. The molecule has 2 aromatic carbocycles. The van der Waals surface area contributed by atoms with Gasteiger partial charge in [0.15, 0.2) is 0 Å². The molecular weight excluding hydrogens is 350 g/mol. The smallest absolute Gasteiger partial charge is 0.319 e. The van der Waals surface area contributed by atoms with Crippen molar-refractivity contribution < 1.29 is 9.59 Å². The van der Waals surface area contributed by atoms with Crippen molar-refractivity contribution in [3.8, 4) is 0 Å². The Morgan fingerprint density at radius 3 is 2.31 bits per heavy atom. The highest BCUT2D eigenvalue weighted by Gasteiger charge is 2.16. The van der Waals surface area contributed by atoms with E-state index in [0.29, 0.717) is 29.4 Å². The molecule has 0 saturated carbocycles. The standard InChI is InChI=1S/C20H24ClN3O2/c1-4-24(13-16-7-5-6-8-18(16)21)19(25)15-9-11-17(12-10-15)23-20(26)22-14(2)3/h5-12,14H,4,13H2,1-3H3,(H2,22,23,26). The van der Waals surface area contributed by atoms with E-state index < -0.39 is 0 Å². The minimum Gasteiger partial charge on any atom is -0.336 e. The maximum absolute atomic E-state index is 12.8. The lowest BCUT2D eigenvalue weighted by molar-refractivity contribution is 0.0752. The van der Waals surface area contributed by atoms with E-state index in [4.69, 9.17) is 11.6 Å². The number of hydrogen-bond acceptors (Lipinski definition) is 2. The number of nitrogens with one attached hydrogen (secondary N) is 2. The summed E-state index contributed by atoms with van der Waals surface area (Å²) in [5.74, 6) is -0.0781. The molecule has 2 N–H and O–H groups in total. The number of rotatable bonds is 6. The third-order valence-electron chi connectivity index (χ3n) is 3.80. The fourth-order valence-corrected chi connectivity index (χ4v) is 2.66. The highest BCUT2D eigenvalue weighted by Crippen LogP contribution is 2.19. The van der Waals surface area contributed by atoms with Crippen LogP contribution in [-0.2, 0) is 6.54 Å². The predicted molar refractivity (Wildman–Crippen MR) is 106 cm³/mol. The Hall–Kier alpha value is -2.53. The van der Waals surface area contributed by atoms with Gasteiger partial charge in [0.05, 0.1) is 0 Å². The van der Waals surface area contributed by atoms with Gasteiger partial charge in [-0.15, -0.1) is 0 Å². The van der Waals surface area contributed by atoms with Crippen LogP contribution in [0.1, 0.15) is 36.7 Å². The van der Waals surface area contributed by atoms with Gasteiger partial charge >= 0.3 is 6.03 Å². The molecule has 3 amide bonds. The van der Waals surface area contributed by atoms with Crippen molar-refractivity contribution >= 4 is 29.2 Å². The molecule has 0 atom stereocenters. The molecule has 0 unspecified atom stereocenters. The summed E-state index contributed by atoms with van der Waals surface area (Å²) in [6.07, 6.45) is 0. The molecule has 0 aliphatic heterocycles. The Morgan fingerprint density at radius 1 is 1.08 bits per heavy atom. The Labute approximate surface area is 159 Å². The monoisotopic (exact) mass is 373 g/mol. The molecule has 0 spiro atoms. The van der Waals surface area contributed by atoms with Gasteiger partial charge in [0, 0.05) is 35.4 Å². The molecule has 0 aliphatic rings. The van der Waals surface area contributed by atoms with E-state index in [1.807, 2.05) is 45.0 Å². The molecular formula is C20H24ClN3O2. The minimum absolute atomic E-state index is 0.0544. The average molecular weight is 374 g/mol. The number of amides is 3. The molecule has 5 nitrogen and oxygen atoms in total. The van der Waals surface area contributed by atoms with E-state index in [2.05, 4.69) is 10.6 Å². The zero-order valence-electron chi connectivity index (χ0n) is 15.3. The summed E-state index contributed by atoms with van der Waals surface area (Å²) in [5.41, 5.74) is 2.11. The first kappa shape index (κ1) is 19.8. The lowest BCUT2D eigenvalue weighted by Crippen LogP contribution is -2.34. The van der Waals surface area contributed by atoms with E-state index in [1.165, 1.54) is 0 Å². The molecule has 6 heteroatoms. The van der Waals surface area contributed by atoms with Gasteiger partial charge in [0.25, 0.3) is 5.91 Å². The zero-order chi connectivity index (χ0) is 19.1. The maximum atomic E-state index is 12.8. The van der Waals surface area contributed by atoms with Gasteiger partial charge in [0.2, 0.25) is 0 Å². The first-order valence-electron chi connectivity index (χ1n) is 8.61. The Bertz CT molecular complexity index is 760. The van der Waals surface area contributed by atoms with Crippen LogP contribution in [0.5, 0.6) is 0 Å². The SMILES string of the molecule is CCN(Cc1ccccc1Cl)C(=O)c1ccc(NC(=O)NC(C)C)cc1. The van der Waals surface area contributed by atoms with E-state index >= 15 is 0 Å². The molecule has 0 fully saturated rings. The van der Waals surface area contributed by atoms with Crippen LogP contribution in [0.3, 0.4) is 0 Å². The summed E-state index contributed by atoms with van der Waals surface area (Å²) in [4.78, 5) is 26.2. The molecule has 2 rings (SSSR count). The predicted octanol–water partition coefficient (Wildman–Crippen LogP) is 4.53. The Kier molecular flexibility index (Phi) is 7.04. The second-order valence-electron chi connectivity index (χ2n) is 6.24. The van der Waals surface area contributed by atoms with Crippen LogP contribution in [0.4, 0.5) is 10.5 Å². The van der Waals surface area contributed by atoms with Gasteiger partial charge in [0.1, 0.15) is 0 Å². The number of hydrogen-bond donors (Lipinski definition) is 2. The van der Waals surface area contributed by atoms with Gasteiger partial charge in [-0.1, -0.05) is 29.8 Å². The number of urea groups is 1. The lowest BCUT2D eigenvalue weighted by atomic mass is 10.1. The fraction of sp³-hybridized carbons (Fsp3) is 0.300. The van der Waals surface area contributed by atoms with Crippen molar-refractivity contribution in [2.24, 2.45) is 0 Å². The molecule has 0 radical (unpaired) electrons. The zero-order valence-corrected chi connectivity index (χ0v) is 16.0. The van der Waals surface area contributed by atoms with E-state index in [0.717, 1.165) is 5.56 Å². The van der Waals surface area contributed by atoms with Crippen molar-refractivity contribution in [1.29, 1.82) is 0 Å². The molecule has 0 saturated heterocycles. The molecule has 0 aliphatic carbocycles. The average Bonchev–Trinajstić information content (AvgIpc) is 2.60. The van der Waals surface area contributed by atoms with Crippen molar-refractivity contribution in [2.45, 2.75) is 33.4 Å². The van der Waals surface area contributed by atoms with E-state index in [9.17, 15) is 9.59 Å². The topological polar surface area (TPSA) is 61.4 Å². The molecule has 138 valence electrons. The second-order valence-corrected chi connectivity index (χ2v) is 6.65. The molecule has 2 aromatic rings. The first-order valence-corrected chi connectivity index (χ1v) is 8.98. The largest absolute Gasteiger partial charge is 0.336 e. The summed E-state index contributed by atoms with van der Waals surface area (Å²) in [6.45, 7) is 6.73. The highest BCUT2D eigenvalue weighted by atomic mass is 35.5. The van der Waals surface area contributed by atoms with Crippen LogP contribution in [0.2, 0.25) is 5.02 Å². The normalized spacial score (nSPS) is 10.5. The van der Waals surface area contributed by atoms with Gasteiger partial charge in [-0.3, -0.25) is 4.79 Å². The van der Waals surface area contributed by atoms with Crippen LogP contribution in [0, 0.1) is 0 Å². The molecule has 26 heavy (non-hydrogen) atoms. The van der Waals surface area contributed by atoms with Crippen molar-refractivity contribution in [3.63, 3.8) is 0 Å². The minimum atomic E-state index is -0.270. The Balaban J connectivity index is 2.05. The molecule has 0 bridgehead atoms. The number of halogens is 1. The number of carbonyl (C=O) groups excluding carboxylic acids is 2. The number of carbonyl (C=O) groups is 2. The van der Waals surface area contributed by atoms with Crippen LogP contribution in [0.15, 0.2) is 48.5 Å². The van der Waals surface area contributed by atoms with Crippen LogP contribution < -0.4 is 10.6 Å². The van der Waals surface area contributed by atoms with E-state index in [-0.39, 0.29) is 18.0 Å². The summed E-state index contributed by atoms with van der Waals surface area (Å²) in [7, 11) is 0. The van der Waals surface area contributed by atoms with Crippen LogP contribution >= 0.6 is 11.6 Å².